The summed E-state index contributed by atoms with van der Waals surface area (Å²) >= 11 is 1.74. The molecule has 0 saturated carbocycles. The van der Waals surface area contributed by atoms with E-state index in [1.165, 1.54) is 10.9 Å². The summed E-state index contributed by atoms with van der Waals surface area (Å²) in [6, 6.07) is 11.7. The second-order valence-electron chi connectivity index (χ2n) is 4.72. The van der Waals surface area contributed by atoms with Gasteiger partial charge < -0.3 is 5.32 Å². The maximum absolute atomic E-state index is 13.2. The van der Waals surface area contributed by atoms with E-state index in [9.17, 15) is 4.39 Å². The molecule has 19 heavy (non-hydrogen) atoms. The maximum Gasteiger partial charge on any atom is 0.123 e. The van der Waals surface area contributed by atoms with Crippen molar-refractivity contribution in [1.82, 2.24) is 5.32 Å². The Morgan fingerprint density at radius 3 is 2.58 bits per heavy atom. The minimum atomic E-state index is -0.165. The summed E-state index contributed by atoms with van der Waals surface area (Å²) in [6.45, 7) is 4.26. The highest BCUT2D eigenvalue weighted by Crippen LogP contribution is 2.23. The van der Waals surface area contributed by atoms with Crippen molar-refractivity contribution in [3.8, 4) is 0 Å². The minimum Gasteiger partial charge on any atom is -0.307 e. The van der Waals surface area contributed by atoms with Gasteiger partial charge in [-0.1, -0.05) is 32.0 Å². The van der Waals surface area contributed by atoms with E-state index in [2.05, 4.69) is 36.7 Å². The SMILES string of the molecule is CC(C)NC(Cc1cccc(F)c1)c1cccs1.Cl. The zero-order chi connectivity index (χ0) is 13.0. The molecule has 1 nitrogen and oxygen atoms in total. The van der Waals surface area contributed by atoms with Crippen molar-refractivity contribution < 1.29 is 4.39 Å². The molecule has 0 aliphatic carbocycles. The Balaban J connectivity index is 0.00000180. The zero-order valence-electron chi connectivity index (χ0n) is 11.1. The highest BCUT2D eigenvalue weighted by molar-refractivity contribution is 7.10. The molecule has 0 bridgehead atoms. The number of thiophene rings is 1. The van der Waals surface area contributed by atoms with Crippen molar-refractivity contribution in [2.24, 2.45) is 0 Å². The van der Waals surface area contributed by atoms with E-state index in [1.54, 1.807) is 23.5 Å². The monoisotopic (exact) mass is 299 g/mol. The first kappa shape index (κ1) is 16.2. The molecule has 0 amide bonds. The fourth-order valence-corrected chi connectivity index (χ4v) is 2.82. The average Bonchev–Trinajstić information content (AvgIpc) is 2.80. The molecule has 1 aromatic carbocycles. The van der Waals surface area contributed by atoms with E-state index in [-0.39, 0.29) is 24.3 Å². The van der Waals surface area contributed by atoms with Crippen LogP contribution in [-0.2, 0) is 6.42 Å². The van der Waals surface area contributed by atoms with Gasteiger partial charge in [-0.25, -0.2) is 4.39 Å². The Morgan fingerprint density at radius 2 is 2.00 bits per heavy atom. The summed E-state index contributed by atoms with van der Waals surface area (Å²) < 4.78 is 13.2. The maximum atomic E-state index is 13.2. The first-order chi connectivity index (χ1) is 8.65. The molecule has 0 fully saturated rings. The van der Waals surface area contributed by atoms with Crippen molar-refractivity contribution in [2.45, 2.75) is 32.4 Å². The predicted octanol–water partition coefficient (Wildman–Crippen LogP) is 4.59. The Kier molecular flexibility index (Phi) is 6.49. The highest BCUT2D eigenvalue weighted by Gasteiger charge is 2.14. The predicted molar refractivity (Wildman–Crippen MR) is 82.7 cm³/mol. The molecule has 1 N–H and O–H groups in total. The van der Waals surface area contributed by atoms with Gasteiger partial charge in [-0.2, -0.15) is 0 Å². The number of rotatable bonds is 5. The van der Waals surface area contributed by atoms with Gasteiger partial charge in [-0.05, 0) is 35.6 Å². The fraction of sp³-hybridized carbons (Fsp3) is 0.333. The van der Waals surface area contributed by atoms with Crippen molar-refractivity contribution >= 4 is 23.7 Å². The second kappa shape index (κ2) is 7.63. The van der Waals surface area contributed by atoms with E-state index in [1.807, 2.05) is 6.07 Å². The van der Waals surface area contributed by atoms with Crippen LogP contribution in [0.1, 0.15) is 30.3 Å². The summed E-state index contributed by atoms with van der Waals surface area (Å²) in [7, 11) is 0. The van der Waals surface area contributed by atoms with Crippen molar-refractivity contribution in [2.75, 3.05) is 0 Å². The molecule has 104 valence electrons. The molecular formula is C15H19ClFNS. The van der Waals surface area contributed by atoms with Crippen LogP contribution in [0.2, 0.25) is 0 Å². The fourth-order valence-electron chi connectivity index (χ4n) is 2.03. The Labute approximate surface area is 124 Å². The Hall–Kier alpha value is -0.900. The van der Waals surface area contributed by atoms with Gasteiger partial charge in [-0.3, -0.25) is 0 Å². The third-order valence-corrected chi connectivity index (χ3v) is 3.74. The first-order valence-corrected chi connectivity index (χ1v) is 7.07. The smallest absolute Gasteiger partial charge is 0.123 e. The quantitative estimate of drug-likeness (QED) is 0.851. The van der Waals surface area contributed by atoms with Crippen LogP contribution in [0.3, 0.4) is 0 Å². The molecule has 0 aliphatic rings. The van der Waals surface area contributed by atoms with E-state index in [0.29, 0.717) is 6.04 Å². The lowest BCUT2D eigenvalue weighted by Gasteiger charge is -2.20. The van der Waals surface area contributed by atoms with Crippen molar-refractivity contribution in [1.29, 1.82) is 0 Å². The van der Waals surface area contributed by atoms with Gasteiger partial charge in [0.15, 0.2) is 0 Å². The van der Waals surface area contributed by atoms with Crippen LogP contribution < -0.4 is 5.32 Å². The number of hydrogen-bond donors (Lipinski definition) is 1. The van der Waals surface area contributed by atoms with E-state index < -0.39 is 0 Å². The summed E-state index contributed by atoms with van der Waals surface area (Å²) in [5.41, 5.74) is 1.03. The van der Waals surface area contributed by atoms with Gasteiger partial charge in [-0.15, -0.1) is 23.7 Å². The number of hydrogen-bond acceptors (Lipinski definition) is 2. The molecule has 0 spiro atoms. The summed E-state index contributed by atoms with van der Waals surface area (Å²) in [5, 5.41) is 5.62. The van der Waals surface area contributed by atoms with Gasteiger partial charge in [0.1, 0.15) is 5.82 Å². The van der Waals surface area contributed by atoms with Crippen LogP contribution in [0.25, 0.3) is 0 Å². The molecule has 1 atom stereocenters. The molecule has 2 rings (SSSR count). The lowest BCUT2D eigenvalue weighted by Crippen LogP contribution is -2.29. The molecule has 4 heteroatoms. The van der Waals surface area contributed by atoms with Crippen LogP contribution in [0.5, 0.6) is 0 Å². The lowest BCUT2D eigenvalue weighted by molar-refractivity contribution is 0.479. The molecule has 2 aromatic rings. The Bertz CT molecular complexity index is 485. The van der Waals surface area contributed by atoms with Gasteiger partial charge in [0.2, 0.25) is 0 Å². The van der Waals surface area contributed by atoms with Crippen molar-refractivity contribution in [3.63, 3.8) is 0 Å². The Morgan fingerprint density at radius 1 is 1.21 bits per heavy atom. The molecule has 0 radical (unpaired) electrons. The normalized spacial score (nSPS) is 12.2. The highest BCUT2D eigenvalue weighted by atomic mass is 35.5. The molecule has 1 unspecified atom stereocenters. The summed E-state index contributed by atoms with van der Waals surface area (Å²) in [5.74, 6) is -0.165. The van der Waals surface area contributed by atoms with Crippen LogP contribution >= 0.6 is 23.7 Å². The lowest BCUT2D eigenvalue weighted by atomic mass is 10.0. The van der Waals surface area contributed by atoms with Crippen LogP contribution in [0.15, 0.2) is 41.8 Å². The third kappa shape index (κ3) is 4.94. The minimum absolute atomic E-state index is 0. The van der Waals surface area contributed by atoms with Crippen LogP contribution in [0, 0.1) is 5.82 Å². The third-order valence-electron chi connectivity index (χ3n) is 2.75. The molecule has 0 aliphatic heterocycles. The van der Waals surface area contributed by atoms with Crippen molar-refractivity contribution in [3.05, 3.63) is 58.0 Å². The number of nitrogens with one attached hydrogen (secondary N) is 1. The van der Waals surface area contributed by atoms with Crippen LogP contribution in [-0.4, -0.2) is 6.04 Å². The van der Waals surface area contributed by atoms with Gasteiger partial charge in [0, 0.05) is 17.0 Å². The number of halogens is 2. The first-order valence-electron chi connectivity index (χ1n) is 6.19. The second-order valence-corrected chi connectivity index (χ2v) is 5.70. The van der Waals surface area contributed by atoms with Gasteiger partial charge in [0.05, 0.1) is 0 Å². The van der Waals surface area contributed by atoms with E-state index in [0.717, 1.165) is 12.0 Å². The zero-order valence-corrected chi connectivity index (χ0v) is 12.7. The van der Waals surface area contributed by atoms with Crippen LogP contribution in [0.4, 0.5) is 4.39 Å². The molecule has 1 heterocycles. The molecule has 0 saturated heterocycles. The summed E-state index contributed by atoms with van der Waals surface area (Å²) in [4.78, 5) is 1.30. The largest absolute Gasteiger partial charge is 0.307 e. The molecular weight excluding hydrogens is 281 g/mol. The standard InChI is InChI=1S/C15H18FNS.ClH/c1-11(2)17-14(15-7-4-8-18-15)10-12-5-3-6-13(16)9-12;/h3-9,11,14,17H,10H2,1-2H3;1H. The van der Waals surface area contributed by atoms with E-state index in [4.69, 9.17) is 0 Å². The van der Waals surface area contributed by atoms with Gasteiger partial charge >= 0.3 is 0 Å². The number of benzene rings is 1. The molecule has 1 aromatic heterocycles. The average molecular weight is 300 g/mol. The van der Waals surface area contributed by atoms with Gasteiger partial charge in [0.25, 0.3) is 0 Å². The van der Waals surface area contributed by atoms with E-state index >= 15 is 0 Å². The topological polar surface area (TPSA) is 12.0 Å². The summed E-state index contributed by atoms with van der Waals surface area (Å²) in [6.07, 6.45) is 0.816.